The highest BCUT2D eigenvalue weighted by molar-refractivity contribution is 5.99. The van der Waals surface area contributed by atoms with E-state index in [0.717, 1.165) is 17.7 Å². The van der Waals surface area contributed by atoms with Gasteiger partial charge in [0.25, 0.3) is 0 Å². The van der Waals surface area contributed by atoms with Crippen LogP contribution in [0.4, 0.5) is 11.4 Å². The topological polar surface area (TPSA) is 55.6 Å². The van der Waals surface area contributed by atoms with Gasteiger partial charge in [0.1, 0.15) is 6.61 Å². The van der Waals surface area contributed by atoms with E-state index in [9.17, 15) is 4.79 Å². The van der Waals surface area contributed by atoms with Crippen molar-refractivity contribution >= 4 is 17.3 Å². The predicted molar refractivity (Wildman–Crippen MR) is 82.1 cm³/mol. The summed E-state index contributed by atoms with van der Waals surface area (Å²) < 4.78 is 5.81. The van der Waals surface area contributed by atoms with Crippen molar-refractivity contribution in [1.29, 1.82) is 0 Å². The minimum Gasteiger partial charge on any atom is -0.488 e. The van der Waals surface area contributed by atoms with Crippen molar-refractivity contribution in [2.45, 2.75) is 34.1 Å². The zero-order chi connectivity index (χ0) is 15.1. The molecule has 1 aliphatic rings. The molecular formula is C16H24N2O2. The van der Waals surface area contributed by atoms with Crippen LogP contribution in [-0.4, -0.2) is 19.6 Å². The molecule has 1 aromatic carbocycles. The first kappa shape index (κ1) is 14.7. The van der Waals surface area contributed by atoms with Crippen molar-refractivity contribution in [3.63, 3.8) is 0 Å². The molecule has 1 amide bonds. The molecule has 2 rings (SSSR count). The highest BCUT2D eigenvalue weighted by Crippen LogP contribution is 2.40. The van der Waals surface area contributed by atoms with Gasteiger partial charge in [0, 0.05) is 7.05 Å². The van der Waals surface area contributed by atoms with Crippen molar-refractivity contribution in [2.75, 3.05) is 24.3 Å². The lowest BCUT2D eigenvalue weighted by atomic mass is 9.93. The monoisotopic (exact) mass is 276 g/mol. The maximum Gasteiger partial charge on any atom is 0.235 e. The molecule has 0 saturated carbocycles. The molecule has 4 nitrogen and oxygen atoms in total. The van der Waals surface area contributed by atoms with Crippen LogP contribution in [0.15, 0.2) is 12.1 Å². The molecule has 4 heteroatoms. The first-order valence-electron chi connectivity index (χ1n) is 7.05. The van der Waals surface area contributed by atoms with Gasteiger partial charge in [-0.3, -0.25) is 4.79 Å². The number of nitrogens with zero attached hydrogens (tertiary/aromatic N) is 1. The molecule has 0 aromatic heterocycles. The Hall–Kier alpha value is -1.71. The number of amides is 1. The Morgan fingerprint density at radius 2 is 2.05 bits per heavy atom. The summed E-state index contributed by atoms with van der Waals surface area (Å²) in [4.78, 5) is 14.1. The highest BCUT2D eigenvalue weighted by atomic mass is 16.5. The van der Waals surface area contributed by atoms with E-state index in [1.54, 1.807) is 11.9 Å². The molecule has 0 aliphatic carbocycles. The standard InChI is InChI=1S/C16H24N2O2/c1-10(2)6-11-7-12(17)14-13(8-11)18(5)15(19)16(3,4)9-20-14/h7-8,10H,6,9,17H2,1-5H3. The molecule has 0 bridgehead atoms. The Morgan fingerprint density at radius 1 is 1.40 bits per heavy atom. The molecule has 20 heavy (non-hydrogen) atoms. The van der Waals surface area contributed by atoms with Gasteiger partial charge in [0.05, 0.1) is 16.8 Å². The van der Waals surface area contributed by atoms with Gasteiger partial charge in [-0.1, -0.05) is 13.8 Å². The fourth-order valence-electron chi connectivity index (χ4n) is 2.57. The number of anilines is 2. The molecule has 0 fully saturated rings. The maximum absolute atomic E-state index is 12.5. The average Bonchev–Trinajstić information content (AvgIpc) is 2.41. The van der Waals surface area contributed by atoms with Gasteiger partial charge in [0.2, 0.25) is 5.91 Å². The van der Waals surface area contributed by atoms with E-state index in [1.807, 2.05) is 26.0 Å². The van der Waals surface area contributed by atoms with E-state index < -0.39 is 5.41 Å². The molecule has 0 saturated heterocycles. The van der Waals surface area contributed by atoms with Crippen LogP contribution in [0.1, 0.15) is 33.3 Å². The smallest absolute Gasteiger partial charge is 0.235 e. The second-order valence-corrected chi connectivity index (χ2v) is 6.67. The summed E-state index contributed by atoms with van der Waals surface area (Å²) in [5, 5.41) is 0. The largest absolute Gasteiger partial charge is 0.488 e. The van der Waals surface area contributed by atoms with Gasteiger partial charge in [-0.2, -0.15) is 0 Å². The van der Waals surface area contributed by atoms with Crippen LogP contribution in [0.5, 0.6) is 5.75 Å². The van der Waals surface area contributed by atoms with Crippen LogP contribution < -0.4 is 15.4 Å². The average molecular weight is 276 g/mol. The molecule has 1 aromatic rings. The molecule has 110 valence electrons. The number of ether oxygens (including phenoxy) is 1. The SMILES string of the molecule is CC(C)Cc1cc(N)c2c(c1)N(C)C(=O)C(C)(C)CO2. The molecule has 1 aliphatic heterocycles. The summed E-state index contributed by atoms with van der Waals surface area (Å²) >= 11 is 0. The van der Waals surface area contributed by atoms with Crippen LogP contribution in [0.2, 0.25) is 0 Å². The molecule has 2 N–H and O–H groups in total. The zero-order valence-electron chi connectivity index (χ0n) is 13.0. The number of nitrogen functional groups attached to an aromatic ring is 1. The van der Waals surface area contributed by atoms with E-state index >= 15 is 0 Å². The lowest BCUT2D eigenvalue weighted by molar-refractivity contribution is -0.127. The Kier molecular flexibility index (Phi) is 3.67. The molecule has 0 radical (unpaired) electrons. The summed E-state index contributed by atoms with van der Waals surface area (Å²) in [5.74, 6) is 1.22. The quantitative estimate of drug-likeness (QED) is 0.845. The van der Waals surface area contributed by atoms with E-state index in [2.05, 4.69) is 13.8 Å². The lowest BCUT2D eigenvalue weighted by Crippen LogP contribution is -2.39. The van der Waals surface area contributed by atoms with Crippen molar-refractivity contribution < 1.29 is 9.53 Å². The number of hydrogen-bond acceptors (Lipinski definition) is 3. The fraction of sp³-hybridized carbons (Fsp3) is 0.562. The van der Waals surface area contributed by atoms with Crippen molar-refractivity contribution in [3.05, 3.63) is 17.7 Å². The minimum absolute atomic E-state index is 0.0531. The van der Waals surface area contributed by atoms with Crippen LogP contribution in [-0.2, 0) is 11.2 Å². The van der Waals surface area contributed by atoms with Gasteiger partial charge in [-0.15, -0.1) is 0 Å². The van der Waals surface area contributed by atoms with Crippen LogP contribution in [0.3, 0.4) is 0 Å². The van der Waals surface area contributed by atoms with Crippen molar-refractivity contribution in [3.8, 4) is 5.75 Å². The molecule has 0 unspecified atom stereocenters. The normalized spacial score (nSPS) is 17.7. The van der Waals surface area contributed by atoms with Crippen LogP contribution in [0.25, 0.3) is 0 Å². The van der Waals surface area contributed by atoms with Gasteiger partial charge < -0.3 is 15.4 Å². The fourth-order valence-corrected chi connectivity index (χ4v) is 2.57. The second kappa shape index (κ2) is 5.00. The minimum atomic E-state index is -0.543. The first-order valence-corrected chi connectivity index (χ1v) is 7.05. The molecule has 0 spiro atoms. The number of hydrogen-bond donors (Lipinski definition) is 1. The Bertz CT molecular complexity index is 536. The number of rotatable bonds is 2. The van der Waals surface area contributed by atoms with Crippen molar-refractivity contribution in [1.82, 2.24) is 0 Å². The van der Waals surface area contributed by atoms with Crippen LogP contribution in [0, 0.1) is 11.3 Å². The third-order valence-corrected chi connectivity index (χ3v) is 3.62. The maximum atomic E-state index is 12.5. The molecular weight excluding hydrogens is 252 g/mol. The first-order chi connectivity index (χ1) is 9.22. The Morgan fingerprint density at radius 3 is 2.65 bits per heavy atom. The van der Waals surface area contributed by atoms with Gasteiger partial charge in [0.15, 0.2) is 5.75 Å². The summed E-state index contributed by atoms with van der Waals surface area (Å²) in [6.45, 7) is 8.45. The van der Waals surface area contributed by atoms with Gasteiger partial charge >= 0.3 is 0 Å². The van der Waals surface area contributed by atoms with E-state index in [4.69, 9.17) is 10.5 Å². The third kappa shape index (κ3) is 2.60. The van der Waals surface area contributed by atoms with E-state index in [-0.39, 0.29) is 5.91 Å². The van der Waals surface area contributed by atoms with E-state index in [0.29, 0.717) is 24.0 Å². The van der Waals surface area contributed by atoms with E-state index in [1.165, 1.54) is 0 Å². The van der Waals surface area contributed by atoms with Gasteiger partial charge in [-0.25, -0.2) is 0 Å². The second-order valence-electron chi connectivity index (χ2n) is 6.67. The van der Waals surface area contributed by atoms with Crippen LogP contribution >= 0.6 is 0 Å². The molecule has 1 heterocycles. The highest BCUT2D eigenvalue weighted by Gasteiger charge is 2.36. The summed E-state index contributed by atoms with van der Waals surface area (Å²) in [6, 6.07) is 3.97. The summed E-state index contributed by atoms with van der Waals surface area (Å²) in [6.07, 6.45) is 0.933. The molecule has 0 atom stereocenters. The lowest BCUT2D eigenvalue weighted by Gasteiger charge is -2.24. The number of carbonyl (C=O) groups excluding carboxylic acids is 1. The Balaban J connectivity index is 2.50. The van der Waals surface area contributed by atoms with Crippen molar-refractivity contribution in [2.24, 2.45) is 11.3 Å². The third-order valence-electron chi connectivity index (χ3n) is 3.62. The summed E-state index contributed by atoms with van der Waals surface area (Å²) in [7, 11) is 1.79. The zero-order valence-corrected chi connectivity index (χ0v) is 13.0. The number of carbonyl (C=O) groups is 1. The number of nitrogens with two attached hydrogens (primary N) is 1. The predicted octanol–water partition coefficient (Wildman–Crippen LogP) is 2.85. The van der Waals surface area contributed by atoms with Gasteiger partial charge in [-0.05, 0) is 43.9 Å². The number of benzene rings is 1. The summed E-state index contributed by atoms with van der Waals surface area (Å²) in [5.41, 5.74) is 8.10. The Labute approximate surface area is 120 Å². The number of fused-ring (bicyclic) bond motifs is 1.